The van der Waals surface area contributed by atoms with E-state index >= 15 is 4.39 Å². The number of halogens is 1. The van der Waals surface area contributed by atoms with E-state index < -0.39 is 36.3 Å². The fourth-order valence-corrected chi connectivity index (χ4v) is 11.0. The molecule has 2 aromatic carbocycles. The van der Waals surface area contributed by atoms with E-state index in [4.69, 9.17) is 24.4 Å². The van der Waals surface area contributed by atoms with Gasteiger partial charge in [-0.25, -0.2) is 28.9 Å². The molecule has 4 amide bonds. The van der Waals surface area contributed by atoms with Crippen molar-refractivity contribution in [3.63, 3.8) is 0 Å². The molecule has 358 valence electrons. The molecule has 9 rings (SSSR count). The summed E-state index contributed by atoms with van der Waals surface area (Å²) in [5.74, 6) is 0.530. The number of thiazole rings is 1. The van der Waals surface area contributed by atoms with Crippen LogP contribution in [-0.4, -0.2) is 101 Å². The zero-order valence-corrected chi connectivity index (χ0v) is 39.9. The maximum Gasteiger partial charge on any atom is 0.407 e. The van der Waals surface area contributed by atoms with Crippen molar-refractivity contribution in [3.8, 4) is 39.5 Å². The molecule has 5 N–H and O–H groups in total. The Bertz CT molecular complexity index is 2880. The number of carbonyl (C=O) groups is 4. The number of hydrogen-bond acceptors (Lipinski definition) is 10. The number of imidazole rings is 2. The quantitative estimate of drug-likeness (QED) is 0.0742. The van der Waals surface area contributed by atoms with E-state index in [1.807, 2.05) is 68.8 Å². The summed E-state index contributed by atoms with van der Waals surface area (Å²) < 4.78 is 30.6. The third-order valence-corrected chi connectivity index (χ3v) is 14.2. The molecule has 0 saturated carbocycles. The summed E-state index contributed by atoms with van der Waals surface area (Å²) >= 11 is 1.57. The normalized spacial score (nSPS) is 18.8. The second-order valence-corrected chi connectivity index (χ2v) is 20.1. The molecule has 19 heteroatoms. The lowest BCUT2D eigenvalue weighted by atomic mass is 10.0. The average Bonchev–Trinajstić information content (AvgIpc) is 4.16. The molecule has 5 atom stereocenters. The molecule has 3 aliphatic rings. The van der Waals surface area contributed by atoms with Crippen molar-refractivity contribution in [1.82, 2.24) is 49.9 Å². The maximum absolute atomic E-state index is 16.9. The minimum Gasteiger partial charge on any atom is -0.465 e. The van der Waals surface area contributed by atoms with Crippen LogP contribution in [0.15, 0.2) is 55.0 Å². The van der Waals surface area contributed by atoms with Crippen LogP contribution >= 0.6 is 11.3 Å². The number of carboxylic acid groups (broad SMARTS) is 1. The van der Waals surface area contributed by atoms with Crippen LogP contribution < -0.4 is 15.4 Å². The van der Waals surface area contributed by atoms with E-state index in [2.05, 4.69) is 34.4 Å². The number of H-pyrrole nitrogens is 2. The average molecular weight is 949 g/mol. The van der Waals surface area contributed by atoms with E-state index in [0.717, 1.165) is 51.3 Å². The van der Waals surface area contributed by atoms with Crippen molar-refractivity contribution in [2.75, 3.05) is 20.2 Å². The van der Waals surface area contributed by atoms with Crippen LogP contribution in [0.2, 0.25) is 0 Å². The fourth-order valence-electron chi connectivity index (χ4n) is 9.81. The second kappa shape index (κ2) is 18.7. The summed E-state index contributed by atoms with van der Waals surface area (Å²) in [6.07, 6.45) is 6.32. The second-order valence-electron chi connectivity index (χ2n) is 19.0. The first-order chi connectivity index (χ1) is 32.6. The van der Waals surface area contributed by atoms with Gasteiger partial charge in [-0.2, -0.15) is 0 Å². The molecule has 4 aromatic heterocycles. The fraction of sp³-hybridized carbons (Fsp3) is 0.449. The summed E-state index contributed by atoms with van der Waals surface area (Å²) in [6, 6.07) is 8.90. The molecule has 68 heavy (non-hydrogen) atoms. The standard InChI is InChI=1S/C49H57FN10O7S/c1-24(2)16-39-51-23-38(68-39)47-60-33-13-12-27(31-21-52-43(54-31)34-10-8-14-58(34)45(61)41(25(3)4)56-48(63)64)17-29(33)19-36(60)40-30(50)18-28(20-37(40)67-47)32-22-53-44(55-32)35-11-9-15-59(35)46(62)42(26(5)6)57-49(65)66-7/h12-13,17-26,34-35,41-42,47,56H,8-11,14-16H2,1-7H3,(H,52,54)(H,53,55)(H,57,65)(H,63,64)/t34-,35-,41-,42-,47?/m0/s1. The highest BCUT2D eigenvalue weighted by atomic mass is 32.1. The SMILES string of the molecule is COC(=O)N[C@H](C(=O)N1CCC[C@H]1c1ncc(-c2cc(F)c3c(c2)OC(c2cnc(CC(C)C)s2)n2c-3cc3cc(-c4cnc([C@@H]5CCCN5C(=O)[C@@H](NC(=O)O)C(C)C)[nH]4)ccc32)[nH]1)C(C)C. The van der Waals surface area contributed by atoms with Gasteiger partial charge in [-0.3, -0.25) is 14.2 Å². The summed E-state index contributed by atoms with van der Waals surface area (Å²) in [4.78, 5) is 76.4. The Labute approximate surface area is 396 Å². The lowest BCUT2D eigenvalue weighted by molar-refractivity contribution is -0.136. The summed E-state index contributed by atoms with van der Waals surface area (Å²) in [5, 5.41) is 16.3. The minimum atomic E-state index is -1.24. The van der Waals surface area contributed by atoms with Crippen LogP contribution in [-0.2, 0) is 20.7 Å². The van der Waals surface area contributed by atoms with Gasteiger partial charge in [0.1, 0.15) is 35.3 Å². The number of fused-ring (bicyclic) bond motifs is 5. The molecular formula is C49H57FN10O7S. The highest BCUT2D eigenvalue weighted by Crippen LogP contribution is 2.48. The number of nitrogens with zero attached hydrogens (tertiary/aromatic N) is 6. The van der Waals surface area contributed by atoms with Crippen molar-refractivity contribution in [2.24, 2.45) is 17.8 Å². The van der Waals surface area contributed by atoms with Crippen molar-refractivity contribution in [3.05, 3.63) is 82.3 Å². The van der Waals surface area contributed by atoms with Crippen LogP contribution in [0.1, 0.15) is 107 Å². The van der Waals surface area contributed by atoms with E-state index in [0.29, 0.717) is 71.8 Å². The molecule has 1 unspecified atom stereocenters. The van der Waals surface area contributed by atoms with Crippen molar-refractivity contribution in [1.29, 1.82) is 0 Å². The van der Waals surface area contributed by atoms with E-state index in [-0.39, 0.29) is 35.7 Å². The van der Waals surface area contributed by atoms with Gasteiger partial charge in [0.15, 0.2) is 0 Å². The van der Waals surface area contributed by atoms with Crippen molar-refractivity contribution in [2.45, 2.75) is 104 Å². The predicted octanol–water partition coefficient (Wildman–Crippen LogP) is 8.82. The molecular weight excluding hydrogens is 892 g/mol. The number of alkyl carbamates (subject to hydrolysis) is 1. The predicted molar refractivity (Wildman–Crippen MR) is 253 cm³/mol. The van der Waals surface area contributed by atoms with Gasteiger partial charge in [0.25, 0.3) is 0 Å². The molecule has 6 aromatic rings. The number of methoxy groups -OCH3 is 1. The number of nitrogens with one attached hydrogen (secondary N) is 4. The Kier molecular flexibility index (Phi) is 12.8. The first-order valence-corrected chi connectivity index (χ1v) is 24.1. The number of ether oxygens (including phenoxy) is 2. The van der Waals surface area contributed by atoms with Gasteiger partial charge >= 0.3 is 12.2 Å². The van der Waals surface area contributed by atoms with E-state index in [1.54, 1.807) is 33.5 Å². The van der Waals surface area contributed by atoms with Gasteiger partial charge < -0.3 is 45.0 Å². The molecule has 0 spiro atoms. The number of rotatable bonds is 13. The van der Waals surface area contributed by atoms with Gasteiger partial charge in [0.2, 0.25) is 18.0 Å². The molecule has 0 radical (unpaired) electrons. The molecule has 2 saturated heterocycles. The highest BCUT2D eigenvalue weighted by molar-refractivity contribution is 7.11. The van der Waals surface area contributed by atoms with Crippen LogP contribution in [0, 0.1) is 23.6 Å². The van der Waals surface area contributed by atoms with Gasteiger partial charge in [-0.15, -0.1) is 11.3 Å². The number of hydrogen-bond donors (Lipinski definition) is 5. The zero-order valence-electron chi connectivity index (χ0n) is 39.1. The van der Waals surface area contributed by atoms with Crippen LogP contribution in [0.5, 0.6) is 5.75 Å². The molecule has 17 nitrogen and oxygen atoms in total. The van der Waals surface area contributed by atoms with Crippen molar-refractivity contribution < 1.29 is 38.1 Å². The smallest absolute Gasteiger partial charge is 0.407 e. The number of amides is 4. The highest BCUT2D eigenvalue weighted by Gasteiger charge is 2.40. The molecule has 2 fully saturated rings. The zero-order chi connectivity index (χ0) is 48.1. The van der Waals surface area contributed by atoms with Gasteiger partial charge in [-0.05, 0) is 73.8 Å². The van der Waals surface area contributed by atoms with Gasteiger partial charge in [0.05, 0.1) is 69.6 Å². The maximum atomic E-state index is 16.9. The lowest BCUT2D eigenvalue weighted by Crippen LogP contribution is -2.51. The Hall–Kier alpha value is -6.76. The summed E-state index contributed by atoms with van der Waals surface area (Å²) in [6.45, 7) is 12.7. The number of aromatic nitrogens is 6. The topological polar surface area (TPSA) is 213 Å². The molecule has 0 bridgehead atoms. The first-order valence-electron chi connectivity index (χ1n) is 23.3. The number of benzene rings is 2. The molecule has 0 aliphatic carbocycles. The van der Waals surface area contributed by atoms with Crippen LogP contribution in [0.3, 0.4) is 0 Å². The Morgan fingerprint density at radius 3 is 2.04 bits per heavy atom. The third-order valence-electron chi connectivity index (χ3n) is 13.1. The Morgan fingerprint density at radius 2 is 1.46 bits per heavy atom. The minimum absolute atomic E-state index is 0.182. The monoisotopic (exact) mass is 948 g/mol. The number of likely N-dealkylation sites (tertiary alicyclic amines) is 2. The largest absolute Gasteiger partial charge is 0.465 e. The van der Waals surface area contributed by atoms with Gasteiger partial charge in [-0.1, -0.05) is 47.6 Å². The lowest BCUT2D eigenvalue weighted by Gasteiger charge is -2.30. The van der Waals surface area contributed by atoms with Crippen LogP contribution in [0.25, 0.3) is 44.7 Å². The Morgan fingerprint density at radius 1 is 0.838 bits per heavy atom. The number of aromatic amines is 2. The molecule has 7 heterocycles. The first kappa shape index (κ1) is 46.4. The van der Waals surface area contributed by atoms with Crippen molar-refractivity contribution >= 4 is 46.2 Å². The van der Waals surface area contributed by atoms with Gasteiger partial charge in [0, 0.05) is 42.2 Å². The summed E-state index contributed by atoms with van der Waals surface area (Å²) in [5.41, 5.74) is 4.43. The number of carbonyl (C=O) groups excluding carboxylic acids is 3. The molecule has 3 aliphatic heterocycles. The third kappa shape index (κ3) is 8.78. The summed E-state index contributed by atoms with van der Waals surface area (Å²) in [7, 11) is 1.26. The van der Waals surface area contributed by atoms with E-state index in [1.165, 1.54) is 13.2 Å². The van der Waals surface area contributed by atoms with E-state index in [9.17, 15) is 24.3 Å². The Balaban J connectivity index is 1.04. The van der Waals surface area contributed by atoms with Crippen LogP contribution in [0.4, 0.5) is 14.0 Å².